The molecule has 0 radical (unpaired) electrons. The van der Waals surface area contributed by atoms with Gasteiger partial charge in [0.05, 0.1) is 16.3 Å². The summed E-state index contributed by atoms with van der Waals surface area (Å²) in [6.07, 6.45) is -0.331. The van der Waals surface area contributed by atoms with Crippen LogP contribution in [0.25, 0.3) is 0 Å². The summed E-state index contributed by atoms with van der Waals surface area (Å²) in [7, 11) is -3.72. The maximum Gasteiger partial charge on any atom is 0.225 e. The fourth-order valence-corrected chi connectivity index (χ4v) is 3.79. The van der Waals surface area contributed by atoms with Gasteiger partial charge < -0.3 is 14.8 Å². The van der Waals surface area contributed by atoms with Crippen molar-refractivity contribution in [3.05, 3.63) is 47.2 Å². The summed E-state index contributed by atoms with van der Waals surface area (Å²) < 4.78 is 49.2. The molecule has 1 heterocycles. The number of carbonyl (C=O) groups excluding carboxylic acids is 1. The SMILES string of the molecule is O=C(CCS(=O)(=O)c1ccc2c(c1)OCCO2)Nc1cc(Cl)ccc1F. The summed E-state index contributed by atoms with van der Waals surface area (Å²) in [5.74, 6) is -0.891. The summed E-state index contributed by atoms with van der Waals surface area (Å²) >= 11 is 5.75. The van der Waals surface area contributed by atoms with Gasteiger partial charge >= 0.3 is 0 Å². The monoisotopic (exact) mass is 399 g/mol. The van der Waals surface area contributed by atoms with Crippen LogP contribution in [0.2, 0.25) is 5.02 Å². The number of benzene rings is 2. The molecule has 0 saturated carbocycles. The Morgan fingerprint density at radius 1 is 1.12 bits per heavy atom. The molecule has 0 saturated heterocycles. The highest BCUT2D eigenvalue weighted by Gasteiger charge is 2.21. The molecule has 3 rings (SSSR count). The van der Waals surface area contributed by atoms with Crippen LogP contribution in [0.5, 0.6) is 11.5 Å². The molecule has 0 atom stereocenters. The average Bonchev–Trinajstić information content (AvgIpc) is 2.63. The van der Waals surface area contributed by atoms with Crippen molar-refractivity contribution >= 4 is 33.0 Å². The summed E-state index contributed by atoms with van der Waals surface area (Å²) in [5, 5.41) is 2.57. The van der Waals surface area contributed by atoms with Crippen molar-refractivity contribution < 1.29 is 27.1 Å². The molecule has 0 aromatic heterocycles. The highest BCUT2D eigenvalue weighted by Crippen LogP contribution is 2.32. The lowest BCUT2D eigenvalue weighted by molar-refractivity contribution is -0.115. The van der Waals surface area contributed by atoms with Gasteiger partial charge in [0.2, 0.25) is 5.91 Å². The van der Waals surface area contributed by atoms with Gasteiger partial charge in [-0.1, -0.05) is 11.6 Å². The predicted molar refractivity (Wildman–Crippen MR) is 94.1 cm³/mol. The Morgan fingerprint density at radius 2 is 1.85 bits per heavy atom. The maximum absolute atomic E-state index is 13.6. The van der Waals surface area contributed by atoms with Gasteiger partial charge in [0.25, 0.3) is 0 Å². The van der Waals surface area contributed by atoms with E-state index < -0.39 is 27.3 Å². The van der Waals surface area contributed by atoms with Gasteiger partial charge in [-0.25, -0.2) is 12.8 Å². The molecule has 138 valence electrons. The van der Waals surface area contributed by atoms with Crippen LogP contribution in [-0.2, 0) is 14.6 Å². The largest absolute Gasteiger partial charge is 0.486 e. The second-order valence-corrected chi connectivity index (χ2v) is 8.09. The molecule has 6 nitrogen and oxygen atoms in total. The smallest absolute Gasteiger partial charge is 0.225 e. The molecule has 1 aliphatic rings. The second-order valence-electron chi connectivity index (χ2n) is 5.55. The van der Waals surface area contributed by atoms with Crippen LogP contribution in [0.4, 0.5) is 10.1 Å². The van der Waals surface area contributed by atoms with Gasteiger partial charge in [-0.3, -0.25) is 4.79 Å². The summed E-state index contributed by atoms with van der Waals surface area (Å²) in [4.78, 5) is 12.0. The van der Waals surface area contributed by atoms with Gasteiger partial charge in [0.1, 0.15) is 19.0 Å². The predicted octanol–water partition coefficient (Wildman–Crippen LogP) is 3.05. The van der Waals surface area contributed by atoms with Crippen LogP contribution in [0.15, 0.2) is 41.3 Å². The van der Waals surface area contributed by atoms with Crippen LogP contribution in [-0.4, -0.2) is 33.3 Å². The van der Waals surface area contributed by atoms with Crippen molar-refractivity contribution in [1.29, 1.82) is 0 Å². The number of halogens is 2. The van der Waals surface area contributed by atoms with Crippen molar-refractivity contribution in [2.24, 2.45) is 0 Å². The summed E-state index contributed by atoms with van der Waals surface area (Å²) in [6, 6.07) is 8.01. The number of hydrogen-bond acceptors (Lipinski definition) is 5. The molecule has 26 heavy (non-hydrogen) atoms. The number of amides is 1. The molecule has 1 amide bonds. The molecule has 1 aliphatic heterocycles. The van der Waals surface area contributed by atoms with Gasteiger partial charge in [0.15, 0.2) is 21.3 Å². The van der Waals surface area contributed by atoms with E-state index in [9.17, 15) is 17.6 Å². The number of sulfone groups is 1. The average molecular weight is 400 g/mol. The van der Waals surface area contributed by atoms with E-state index in [-0.39, 0.29) is 22.0 Å². The number of nitrogens with one attached hydrogen (secondary N) is 1. The Bertz CT molecular complexity index is 948. The Hall–Kier alpha value is -2.32. The zero-order valence-electron chi connectivity index (χ0n) is 13.5. The first-order valence-corrected chi connectivity index (χ1v) is 9.75. The van der Waals surface area contributed by atoms with Gasteiger partial charge in [-0.15, -0.1) is 0 Å². The van der Waals surface area contributed by atoms with Crippen LogP contribution in [0.1, 0.15) is 6.42 Å². The van der Waals surface area contributed by atoms with Gasteiger partial charge in [-0.05, 0) is 30.3 Å². The quantitative estimate of drug-likeness (QED) is 0.835. The molecule has 0 unspecified atom stereocenters. The Balaban J connectivity index is 1.66. The van der Waals surface area contributed by atoms with Crippen molar-refractivity contribution in [1.82, 2.24) is 0 Å². The van der Waals surface area contributed by atoms with Crippen LogP contribution in [0, 0.1) is 5.82 Å². The number of carbonyl (C=O) groups is 1. The Labute approximate surface area is 154 Å². The minimum absolute atomic E-state index is 0.0310. The van der Waals surface area contributed by atoms with Crippen LogP contribution >= 0.6 is 11.6 Å². The fourth-order valence-electron chi connectivity index (χ4n) is 2.37. The first-order chi connectivity index (χ1) is 12.3. The molecular formula is C17H15ClFNO5S. The number of anilines is 1. The summed E-state index contributed by atoms with van der Waals surface area (Å²) in [5.41, 5.74) is -0.0979. The molecule has 2 aromatic carbocycles. The third-order valence-corrected chi connectivity index (χ3v) is 5.62. The van der Waals surface area contributed by atoms with Crippen molar-refractivity contribution in [2.45, 2.75) is 11.3 Å². The van der Waals surface area contributed by atoms with E-state index in [1.165, 1.54) is 30.3 Å². The normalized spacial score (nSPS) is 13.3. The first kappa shape index (κ1) is 18.5. The number of fused-ring (bicyclic) bond motifs is 1. The lowest BCUT2D eigenvalue weighted by Gasteiger charge is -2.18. The molecule has 9 heteroatoms. The Kier molecular flexibility index (Phi) is 5.33. The van der Waals surface area contributed by atoms with E-state index in [1.54, 1.807) is 0 Å². The van der Waals surface area contributed by atoms with E-state index >= 15 is 0 Å². The van der Waals surface area contributed by atoms with Crippen molar-refractivity contribution in [2.75, 3.05) is 24.3 Å². The minimum atomic E-state index is -3.72. The van der Waals surface area contributed by atoms with Gasteiger partial charge in [0, 0.05) is 17.5 Å². The third-order valence-electron chi connectivity index (χ3n) is 3.67. The maximum atomic E-state index is 13.6. The molecule has 1 N–H and O–H groups in total. The number of rotatable bonds is 5. The van der Waals surface area contributed by atoms with Crippen LogP contribution in [0.3, 0.4) is 0 Å². The lowest BCUT2D eigenvalue weighted by atomic mass is 10.3. The van der Waals surface area contributed by atoms with Gasteiger partial charge in [-0.2, -0.15) is 0 Å². The summed E-state index contributed by atoms with van der Waals surface area (Å²) in [6.45, 7) is 0.740. The van der Waals surface area contributed by atoms with Crippen LogP contribution < -0.4 is 14.8 Å². The zero-order chi connectivity index (χ0) is 18.7. The standard InChI is InChI=1S/C17H15ClFNO5S/c18-11-1-3-13(19)14(9-11)20-17(21)5-8-26(22,23)12-2-4-15-16(10-12)25-7-6-24-15/h1-4,9-10H,5-8H2,(H,20,21). The molecule has 0 fully saturated rings. The van der Waals surface area contributed by atoms with E-state index in [2.05, 4.69) is 5.32 Å². The highest BCUT2D eigenvalue weighted by molar-refractivity contribution is 7.91. The van der Waals surface area contributed by atoms with E-state index in [1.807, 2.05) is 0 Å². The van der Waals surface area contributed by atoms with Crippen molar-refractivity contribution in [3.8, 4) is 11.5 Å². The fraction of sp³-hybridized carbons (Fsp3) is 0.235. The van der Waals surface area contributed by atoms with E-state index in [0.29, 0.717) is 24.7 Å². The molecule has 0 bridgehead atoms. The zero-order valence-corrected chi connectivity index (χ0v) is 15.1. The van der Waals surface area contributed by atoms with E-state index in [0.717, 1.165) is 6.07 Å². The Morgan fingerprint density at radius 3 is 2.62 bits per heavy atom. The molecular weight excluding hydrogens is 385 g/mol. The topological polar surface area (TPSA) is 81.7 Å². The first-order valence-electron chi connectivity index (χ1n) is 7.72. The number of hydrogen-bond donors (Lipinski definition) is 1. The highest BCUT2D eigenvalue weighted by atomic mass is 35.5. The van der Waals surface area contributed by atoms with Crippen molar-refractivity contribution in [3.63, 3.8) is 0 Å². The molecule has 0 spiro atoms. The number of ether oxygens (including phenoxy) is 2. The third kappa shape index (κ3) is 4.25. The molecule has 2 aromatic rings. The minimum Gasteiger partial charge on any atom is -0.486 e. The van der Waals surface area contributed by atoms with E-state index in [4.69, 9.17) is 21.1 Å². The second kappa shape index (κ2) is 7.51. The lowest BCUT2D eigenvalue weighted by Crippen LogP contribution is -2.19. The molecule has 0 aliphatic carbocycles.